The van der Waals surface area contributed by atoms with Crippen LogP contribution in [0.1, 0.15) is 17.3 Å². The van der Waals surface area contributed by atoms with Gasteiger partial charge < -0.3 is 5.73 Å². The summed E-state index contributed by atoms with van der Waals surface area (Å²) in [7, 11) is 0. The lowest BCUT2D eigenvalue weighted by Crippen LogP contribution is -2.14. The van der Waals surface area contributed by atoms with Crippen molar-refractivity contribution in [2.75, 3.05) is 0 Å². The van der Waals surface area contributed by atoms with Crippen LogP contribution in [0, 0.1) is 0 Å². The van der Waals surface area contributed by atoms with Gasteiger partial charge in [-0.15, -0.1) is 5.10 Å². The second-order valence-electron chi connectivity index (χ2n) is 2.88. The lowest BCUT2D eigenvalue weighted by Gasteiger charge is -2.07. The summed E-state index contributed by atoms with van der Waals surface area (Å²) in [4.78, 5) is 7.82. The van der Waals surface area contributed by atoms with Gasteiger partial charge in [0, 0.05) is 35.8 Å². The molecular formula is C8H9N5S. The zero-order chi connectivity index (χ0) is 9.80. The fourth-order valence-corrected chi connectivity index (χ4v) is 1.58. The molecule has 0 radical (unpaired) electrons. The molecule has 1 atom stereocenters. The van der Waals surface area contributed by atoms with Crippen LogP contribution in [-0.2, 0) is 6.42 Å². The lowest BCUT2D eigenvalue weighted by molar-refractivity contribution is 0.696. The van der Waals surface area contributed by atoms with Crippen molar-refractivity contribution >= 4 is 11.5 Å². The highest BCUT2D eigenvalue weighted by Crippen LogP contribution is 2.12. The number of hydrogen-bond acceptors (Lipinski definition) is 6. The molecule has 2 aromatic rings. The Morgan fingerprint density at radius 2 is 2.14 bits per heavy atom. The maximum Gasteiger partial charge on any atom is 0.115 e. The summed E-state index contributed by atoms with van der Waals surface area (Å²) in [6, 6.07) is -0.111. The van der Waals surface area contributed by atoms with Crippen molar-refractivity contribution in [1.29, 1.82) is 0 Å². The molecule has 6 heteroatoms. The molecule has 72 valence electrons. The van der Waals surface area contributed by atoms with E-state index in [1.807, 2.05) is 5.38 Å². The fourth-order valence-electron chi connectivity index (χ4n) is 1.12. The summed E-state index contributed by atoms with van der Waals surface area (Å²) in [6.07, 6.45) is 5.60. The van der Waals surface area contributed by atoms with E-state index in [0.717, 1.165) is 11.3 Å². The average Bonchev–Trinajstić information content (AvgIpc) is 2.72. The van der Waals surface area contributed by atoms with Crippen molar-refractivity contribution in [3.63, 3.8) is 0 Å². The Kier molecular flexibility index (Phi) is 2.76. The summed E-state index contributed by atoms with van der Waals surface area (Å²) in [5, 5.41) is 5.82. The maximum absolute atomic E-state index is 5.94. The minimum absolute atomic E-state index is 0.111. The molecule has 2 heterocycles. The third-order valence-electron chi connectivity index (χ3n) is 1.84. The van der Waals surface area contributed by atoms with Crippen LogP contribution in [-0.4, -0.2) is 19.6 Å². The highest BCUT2D eigenvalue weighted by molar-refractivity contribution is 7.03. The van der Waals surface area contributed by atoms with Gasteiger partial charge in [-0.3, -0.25) is 0 Å². The van der Waals surface area contributed by atoms with Gasteiger partial charge in [0.05, 0.1) is 5.69 Å². The number of aromatic nitrogens is 4. The molecule has 14 heavy (non-hydrogen) atoms. The molecule has 0 fully saturated rings. The topological polar surface area (TPSA) is 77.6 Å². The summed E-state index contributed by atoms with van der Waals surface area (Å²) in [5.74, 6) is 0. The minimum atomic E-state index is -0.111. The molecule has 0 aromatic carbocycles. The van der Waals surface area contributed by atoms with Gasteiger partial charge in [-0.1, -0.05) is 4.49 Å². The Morgan fingerprint density at radius 1 is 1.36 bits per heavy atom. The molecule has 2 rings (SSSR count). The highest BCUT2D eigenvalue weighted by Gasteiger charge is 2.08. The third-order valence-corrected chi connectivity index (χ3v) is 2.40. The first-order valence-corrected chi connectivity index (χ1v) is 4.96. The smallest absolute Gasteiger partial charge is 0.115 e. The molecule has 0 aliphatic heterocycles. The van der Waals surface area contributed by atoms with Crippen molar-refractivity contribution in [3.8, 4) is 0 Å². The first-order valence-electron chi connectivity index (χ1n) is 4.12. The average molecular weight is 207 g/mol. The maximum atomic E-state index is 5.94. The monoisotopic (exact) mass is 207 g/mol. The van der Waals surface area contributed by atoms with Crippen molar-refractivity contribution < 1.29 is 0 Å². The summed E-state index contributed by atoms with van der Waals surface area (Å²) < 4.78 is 3.77. The second-order valence-corrected chi connectivity index (χ2v) is 3.49. The van der Waals surface area contributed by atoms with Crippen LogP contribution in [0.5, 0.6) is 0 Å². The van der Waals surface area contributed by atoms with Crippen molar-refractivity contribution in [2.24, 2.45) is 5.73 Å². The second kappa shape index (κ2) is 4.21. The summed E-state index contributed by atoms with van der Waals surface area (Å²) in [5.41, 5.74) is 7.77. The zero-order valence-corrected chi connectivity index (χ0v) is 8.18. The third kappa shape index (κ3) is 2.09. The molecule has 0 spiro atoms. The predicted molar refractivity (Wildman–Crippen MR) is 52.6 cm³/mol. The van der Waals surface area contributed by atoms with Crippen LogP contribution in [0.25, 0.3) is 0 Å². The molecule has 1 unspecified atom stereocenters. The van der Waals surface area contributed by atoms with Crippen LogP contribution in [0.15, 0.2) is 24.1 Å². The van der Waals surface area contributed by atoms with Crippen LogP contribution in [0.4, 0.5) is 0 Å². The SMILES string of the molecule is NC(Cc1csnn1)c1cncnc1. The molecule has 0 saturated heterocycles. The zero-order valence-electron chi connectivity index (χ0n) is 7.37. The van der Waals surface area contributed by atoms with E-state index in [1.165, 1.54) is 17.9 Å². The van der Waals surface area contributed by atoms with Crippen molar-refractivity contribution in [2.45, 2.75) is 12.5 Å². The quantitative estimate of drug-likeness (QED) is 0.796. The van der Waals surface area contributed by atoms with E-state index in [4.69, 9.17) is 5.73 Å². The van der Waals surface area contributed by atoms with E-state index < -0.39 is 0 Å². The standard InChI is InChI=1S/C8H9N5S/c9-8(1-7-4-14-13-12-7)6-2-10-5-11-3-6/h2-5,8H,1,9H2. The van der Waals surface area contributed by atoms with E-state index in [0.29, 0.717) is 6.42 Å². The predicted octanol–water partition coefficient (Wildman–Crippen LogP) is 0.571. The van der Waals surface area contributed by atoms with Gasteiger partial charge in [0.25, 0.3) is 0 Å². The Morgan fingerprint density at radius 3 is 2.79 bits per heavy atom. The molecule has 0 bridgehead atoms. The number of nitrogens with zero attached hydrogens (tertiary/aromatic N) is 4. The molecule has 0 aliphatic carbocycles. The van der Waals surface area contributed by atoms with Crippen LogP contribution in [0.3, 0.4) is 0 Å². The van der Waals surface area contributed by atoms with E-state index >= 15 is 0 Å². The van der Waals surface area contributed by atoms with E-state index in [1.54, 1.807) is 12.4 Å². The molecule has 5 nitrogen and oxygen atoms in total. The van der Waals surface area contributed by atoms with Gasteiger partial charge >= 0.3 is 0 Å². The van der Waals surface area contributed by atoms with Gasteiger partial charge in [-0.25, -0.2) is 9.97 Å². The lowest BCUT2D eigenvalue weighted by atomic mass is 10.1. The fraction of sp³-hybridized carbons (Fsp3) is 0.250. The number of rotatable bonds is 3. The van der Waals surface area contributed by atoms with E-state index in [2.05, 4.69) is 19.6 Å². The minimum Gasteiger partial charge on any atom is -0.324 e. The Labute approximate surface area is 85.2 Å². The molecule has 0 aliphatic rings. The first-order chi connectivity index (χ1) is 6.86. The first kappa shape index (κ1) is 9.17. The molecular weight excluding hydrogens is 198 g/mol. The number of hydrogen-bond donors (Lipinski definition) is 1. The van der Waals surface area contributed by atoms with Gasteiger partial charge in [0.15, 0.2) is 0 Å². The molecule has 2 N–H and O–H groups in total. The van der Waals surface area contributed by atoms with E-state index in [9.17, 15) is 0 Å². The van der Waals surface area contributed by atoms with Gasteiger partial charge in [-0.05, 0) is 11.5 Å². The summed E-state index contributed by atoms with van der Waals surface area (Å²) >= 11 is 1.33. The van der Waals surface area contributed by atoms with Gasteiger partial charge in [0.1, 0.15) is 6.33 Å². The Bertz CT molecular complexity index is 374. The Balaban J connectivity index is 2.07. The molecule has 2 aromatic heterocycles. The number of nitrogens with two attached hydrogens (primary N) is 1. The largest absolute Gasteiger partial charge is 0.324 e. The highest BCUT2D eigenvalue weighted by atomic mass is 32.1. The summed E-state index contributed by atoms with van der Waals surface area (Å²) in [6.45, 7) is 0. The molecule has 0 amide bonds. The Hall–Kier alpha value is -1.40. The van der Waals surface area contributed by atoms with Crippen LogP contribution >= 0.6 is 11.5 Å². The van der Waals surface area contributed by atoms with Crippen molar-refractivity contribution in [1.82, 2.24) is 19.6 Å². The van der Waals surface area contributed by atoms with Crippen molar-refractivity contribution in [3.05, 3.63) is 35.4 Å². The van der Waals surface area contributed by atoms with E-state index in [-0.39, 0.29) is 6.04 Å². The van der Waals surface area contributed by atoms with Crippen LogP contribution < -0.4 is 5.73 Å². The normalized spacial score (nSPS) is 12.6. The van der Waals surface area contributed by atoms with Crippen LogP contribution in [0.2, 0.25) is 0 Å². The molecule has 0 saturated carbocycles. The van der Waals surface area contributed by atoms with Gasteiger partial charge in [-0.2, -0.15) is 0 Å². The van der Waals surface area contributed by atoms with Gasteiger partial charge in [0.2, 0.25) is 0 Å².